The Hall–Kier alpha value is -4.49. The van der Waals surface area contributed by atoms with E-state index in [0.29, 0.717) is 24.2 Å². The van der Waals surface area contributed by atoms with Crippen LogP contribution in [0, 0.1) is 0 Å². The van der Waals surface area contributed by atoms with Crippen LogP contribution in [0.25, 0.3) is 12.2 Å². The number of rotatable bonds is 7. The first-order chi connectivity index (χ1) is 17.5. The molecule has 2 amide bonds. The SMILES string of the molecule is O=C(C=Cc1ccc(C=CC(=O)c2ccc(N3CCN(C(=O)c4ccccc4)CC3)cc2)cc1)NO. The second-order valence-corrected chi connectivity index (χ2v) is 8.37. The summed E-state index contributed by atoms with van der Waals surface area (Å²) in [4.78, 5) is 40.4. The van der Waals surface area contributed by atoms with Gasteiger partial charge in [-0.15, -0.1) is 0 Å². The quantitative estimate of drug-likeness (QED) is 0.230. The fourth-order valence-corrected chi connectivity index (χ4v) is 3.96. The molecule has 0 saturated carbocycles. The van der Waals surface area contributed by atoms with Crippen LogP contribution in [0.1, 0.15) is 31.8 Å². The Morgan fingerprint density at radius 1 is 0.694 bits per heavy atom. The van der Waals surface area contributed by atoms with Crippen molar-refractivity contribution in [3.05, 3.63) is 113 Å². The molecule has 0 atom stereocenters. The highest BCUT2D eigenvalue weighted by Crippen LogP contribution is 2.19. The molecule has 0 radical (unpaired) electrons. The summed E-state index contributed by atoms with van der Waals surface area (Å²) in [6.07, 6.45) is 6.08. The molecule has 3 aromatic carbocycles. The van der Waals surface area contributed by atoms with Gasteiger partial charge in [-0.3, -0.25) is 19.6 Å². The predicted molar refractivity (Wildman–Crippen MR) is 140 cm³/mol. The van der Waals surface area contributed by atoms with E-state index in [1.807, 2.05) is 83.8 Å². The van der Waals surface area contributed by atoms with Gasteiger partial charge in [0.1, 0.15) is 0 Å². The minimum Gasteiger partial charge on any atom is -0.368 e. The van der Waals surface area contributed by atoms with Gasteiger partial charge in [0.25, 0.3) is 11.8 Å². The summed E-state index contributed by atoms with van der Waals surface area (Å²) in [5.41, 5.74) is 5.52. The van der Waals surface area contributed by atoms with Gasteiger partial charge in [-0.25, -0.2) is 5.48 Å². The molecule has 7 nitrogen and oxygen atoms in total. The minimum atomic E-state index is -0.601. The van der Waals surface area contributed by atoms with E-state index in [2.05, 4.69) is 4.90 Å². The number of hydrogen-bond acceptors (Lipinski definition) is 5. The summed E-state index contributed by atoms with van der Waals surface area (Å²) in [6, 6.07) is 24.2. The lowest BCUT2D eigenvalue weighted by Gasteiger charge is -2.36. The molecule has 1 aliphatic rings. The maximum atomic E-state index is 12.6. The van der Waals surface area contributed by atoms with E-state index >= 15 is 0 Å². The van der Waals surface area contributed by atoms with Gasteiger partial charge in [-0.2, -0.15) is 0 Å². The van der Waals surface area contributed by atoms with Crippen LogP contribution >= 0.6 is 0 Å². The number of piperazine rings is 1. The Labute approximate surface area is 209 Å². The third-order valence-electron chi connectivity index (χ3n) is 6.01. The first-order valence-electron chi connectivity index (χ1n) is 11.7. The maximum absolute atomic E-state index is 12.6. The third-order valence-corrected chi connectivity index (χ3v) is 6.01. The molecular formula is C29H27N3O4. The van der Waals surface area contributed by atoms with E-state index in [4.69, 9.17) is 5.21 Å². The number of nitrogens with zero attached hydrogens (tertiary/aromatic N) is 2. The zero-order chi connectivity index (χ0) is 25.3. The van der Waals surface area contributed by atoms with E-state index in [-0.39, 0.29) is 11.7 Å². The van der Waals surface area contributed by atoms with E-state index < -0.39 is 5.91 Å². The monoisotopic (exact) mass is 481 g/mol. The van der Waals surface area contributed by atoms with Crippen molar-refractivity contribution in [2.75, 3.05) is 31.1 Å². The highest BCUT2D eigenvalue weighted by molar-refractivity contribution is 6.07. The average molecular weight is 482 g/mol. The van der Waals surface area contributed by atoms with Gasteiger partial charge in [0.05, 0.1) is 0 Å². The van der Waals surface area contributed by atoms with Crippen LogP contribution in [-0.4, -0.2) is 53.9 Å². The molecule has 0 bridgehead atoms. The first kappa shape index (κ1) is 24.6. The van der Waals surface area contributed by atoms with Gasteiger partial charge < -0.3 is 9.80 Å². The van der Waals surface area contributed by atoms with Gasteiger partial charge in [0, 0.05) is 49.1 Å². The molecule has 1 saturated heterocycles. The summed E-state index contributed by atoms with van der Waals surface area (Å²) in [7, 11) is 0. The Bertz CT molecular complexity index is 1260. The number of amides is 2. The molecule has 4 rings (SSSR count). The average Bonchev–Trinajstić information content (AvgIpc) is 2.95. The van der Waals surface area contributed by atoms with Gasteiger partial charge in [-0.1, -0.05) is 48.5 Å². The van der Waals surface area contributed by atoms with Gasteiger partial charge >= 0.3 is 0 Å². The standard InChI is InChI=1S/C29H27N3O4/c33-27(16-10-22-6-8-23(9-7-22)11-17-28(34)30-36)24-12-14-26(15-13-24)31-18-20-32(21-19-31)29(35)25-4-2-1-3-5-25/h1-17,36H,18-21H2,(H,30,34). The molecule has 0 aromatic heterocycles. The Kier molecular flexibility index (Phi) is 8.05. The summed E-state index contributed by atoms with van der Waals surface area (Å²) >= 11 is 0. The number of benzene rings is 3. The van der Waals surface area contributed by atoms with Crippen LogP contribution in [-0.2, 0) is 4.79 Å². The molecule has 7 heteroatoms. The molecule has 1 fully saturated rings. The Morgan fingerprint density at radius 2 is 1.28 bits per heavy atom. The second kappa shape index (κ2) is 11.8. The van der Waals surface area contributed by atoms with Crippen LogP contribution in [0.2, 0.25) is 0 Å². The number of hydroxylamine groups is 1. The lowest BCUT2D eigenvalue weighted by atomic mass is 10.1. The lowest BCUT2D eigenvalue weighted by Crippen LogP contribution is -2.48. The molecule has 182 valence electrons. The van der Waals surface area contributed by atoms with Gasteiger partial charge in [-0.05, 0) is 59.7 Å². The summed E-state index contributed by atoms with van der Waals surface area (Å²) < 4.78 is 0. The minimum absolute atomic E-state index is 0.0585. The highest BCUT2D eigenvalue weighted by Gasteiger charge is 2.22. The number of hydrogen-bond donors (Lipinski definition) is 2. The van der Waals surface area contributed by atoms with E-state index in [1.54, 1.807) is 12.2 Å². The Balaban J connectivity index is 1.30. The van der Waals surface area contributed by atoms with Crippen molar-refractivity contribution in [1.82, 2.24) is 10.4 Å². The topological polar surface area (TPSA) is 90.0 Å². The maximum Gasteiger partial charge on any atom is 0.267 e. The summed E-state index contributed by atoms with van der Waals surface area (Å²) in [5.74, 6) is -0.636. The van der Waals surface area contributed by atoms with Crippen molar-refractivity contribution >= 4 is 35.4 Å². The predicted octanol–water partition coefficient (Wildman–Crippen LogP) is 4.06. The van der Waals surface area contributed by atoms with Gasteiger partial charge in [0.2, 0.25) is 0 Å². The van der Waals surface area contributed by atoms with Gasteiger partial charge in [0.15, 0.2) is 5.78 Å². The fraction of sp³-hybridized carbons (Fsp3) is 0.138. The van der Waals surface area contributed by atoms with Crippen LogP contribution in [0.3, 0.4) is 0 Å². The summed E-state index contributed by atoms with van der Waals surface area (Å²) in [6.45, 7) is 2.78. The number of anilines is 1. The van der Waals surface area contributed by atoms with Crippen molar-refractivity contribution in [2.45, 2.75) is 0 Å². The molecule has 2 N–H and O–H groups in total. The van der Waals surface area contributed by atoms with Crippen LogP contribution in [0.15, 0.2) is 91.0 Å². The molecule has 3 aromatic rings. The molecule has 1 aliphatic heterocycles. The second-order valence-electron chi connectivity index (χ2n) is 8.37. The first-order valence-corrected chi connectivity index (χ1v) is 11.7. The van der Waals surface area contributed by atoms with Crippen LogP contribution < -0.4 is 10.4 Å². The lowest BCUT2D eigenvalue weighted by molar-refractivity contribution is -0.124. The molecule has 1 heterocycles. The van der Waals surface area contributed by atoms with Crippen LogP contribution in [0.4, 0.5) is 5.69 Å². The largest absolute Gasteiger partial charge is 0.368 e. The van der Waals surface area contributed by atoms with Crippen LogP contribution in [0.5, 0.6) is 0 Å². The van der Waals surface area contributed by atoms with Crippen molar-refractivity contribution < 1.29 is 19.6 Å². The van der Waals surface area contributed by atoms with Crippen molar-refractivity contribution in [1.29, 1.82) is 0 Å². The normalized spacial score (nSPS) is 13.8. The zero-order valence-corrected chi connectivity index (χ0v) is 19.7. The molecule has 0 aliphatic carbocycles. The Morgan fingerprint density at radius 3 is 1.86 bits per heavy atom. The smallest absolute Gasteiger partial charge is 0.267 e. The third kappa shape index (κ3) is 6.34. The van der Waals surface area contributed by atoms with E-state index in [1.165, 1.54) is 17.6 Å². The number of ketones is 1. The van der Waals surface area contributed by atoms with E-state index in [0.717, 1.165) is 29.9 Å². The number of carbonyl (C=O) groups is 3. The summed E-state index contributed by atoms with van der Waals surface area (Å²) in [5, 5.41) is 8.51. The number of allylic oxidation sites excluding steroid dienone is 1. The molecule has 0 unspecified atom stereocenters. The fourth-order valence-electron chi connectivity index (χ4n) is 3.96. The molecular weight excluding hydrogens is 454 g/mol. The number of nitrogens with one attached hydrogen (secondary N) is 1. The van der Waals surface area contributed by atoms with Crippen molar-refractivity contribution in [2.24, 2.45) is 0 Å². The molecule has 0 spiro atoms. The zero-order valence-electron chi connectivity index (χ0n) is 19.7. The molecule has 36 heavy (non-hydrogen) atoms. The van der Waals surface area contributed by atoms with E-state index in [9.17, 15) is 14.4 Å². The number of carbonyl (C=O) groups excluding carboxylic acids is 3. The van der Waals surface area contributed by atoms with Crippen molar-refractivity contribution in [3.8, 4) is 0 Å². The van der Waals surface area contributed by atoms with Crippen molar-refractivity contribution in [3.63, 3.8) is 0 Å². The highest BCUT2D eigenvalue weighted by atomic mass is 16.5.